The van der Waals surface area contributed by atoms with Crippen LogP contribution in [0, 0.1) is 0 Å². The summed E-state index contributed by atoms with van der Waals surface area (Å²) in [5, 5.41) is 13.9. The summed E-state index contributed by atoms with van der Waals surface area (Å²) in [6, 6.07) is -0.887. The van der Waals surface area contributed by atoms with E-state index in [1.54, 1.807) is 6.08 Å². The molecule has 8 nitrogen and oxygen atoms in total. The molecule has 1 amide bonds. The molecule has 0 fully saturated rings. The molecule has 0 aliphatic carbocycles. The Labute approximate surface area is 466 Å². The quantitative estimate of drug-likeness (QED) is 0.0272. The largest absolute Gasteiger partial charge is 0.756 e. The van der Waals surface area contributed by atoms with Gasteiger partial charge in [0.25, 0.3) is 7.82 Å². The third kappa shape index (κ3) is 59.7. The Morgan fingerprint density at radius 3 is 1.19 bits per heavy atom. The van der Waals surface area contributed by atoms with Crippen molar-refractivity contribution in [2.24, 2.45) is 0 Å². The molecule has 3 atom stereocenters. The Hall–Kier alpha value is -1.80. The van der Waals surface area contributed by atoms with Gasteiger partial charge in [-0.05, 0) is 57.8 Å². The van der Waals surface area contributed by atoms with E-state index in [4.69, 9.17) is 9.05 Å². The van der Waals surface area contributed by atoms with E-state index in [2.05, 4.69) is 67.8 Å². The van der Waals surface area contributed by atoms with Crippen LogP contribution in [0.15, 0.2) is 60.8 Å². The molecular weight excluding hydrogens is 948 g/mol. The maximum Gasteiger partial charge on any atom is 0.268 e. The van der Waals surface area contributed by atoms with Crippen molar-refractivity contribution in [2.75, 3.05) is 40.9 Å². The van der Waals surface area contributed by atoms with Gasteiger partial charge in [-0.15, -0.1) is 0 Å². The summed E-state index contributed by atoms with van der Waals surface area (Å²) in [5.41, 5.74) is 0. The number of quaternary nitrogens is 1. The molecule has 0 aromatic heterocycles. The molecule has 0 spiro atoms. The lowest BCUT2D eigenvalue weighted by atomic mass is 10.0. The van der Waals surface area contributed by atoms with Crippen molar-refractivity contribution in [3.8, 4) is 0 Å². The third-order valence-corrected chi connectivity index (χ3v) is 15.4. The number of amides is 1. The van der Waals surface area contributed by atoms with Gasteiger partial charge < -0.3 is 28.8 Å². The number of carbonyl (C=O) groups is 1. The molecule has 2 N–H and O–H groups in total. The fourth-order valence-corrected chi connectivity index (χ4v) is 10.2. The number of rotatable bonds is 59. The number of likely N-dealkylation sites (N-methyl/N-ethyl adjacent to an activating group) is 1. The molecule has 0 bridgehead atoms. The minimum atomic E-state index is -4.60. The van der Waals surface area contributed by atoms with Gasteiger partial charge >= 0.3 is 0 Å². The maximum atomic E-state index is 13.0. The van der Waals surface area contributed by atoms with Gasteiger partial charge in [0.1, 0.15) is 13.2 Å². The van der Waals surface area contributed by atoms with Gasteiger partial charge in [-0.25, -0.2) is 0 Å². The summed E-state index contributed by atoms with van der Waals surface area (Å²) in [6.45, 7) is 4.57. The second-order valence-electron chi connectivity index (χ2n) is 23.1. The van der Waals surface area contributed by atoms with Crippen LogP contribution in [0.1, 0.15) is 303 Å². The highest BCUT2D eigenvalue weighted by molar-refractivity contribution is 7.45. The summed E-state index contributed by atoms with van der Waals surface area (Å²) in [4.78, 5) is 25.6. The summed E-state index contributed by atoms with van der Waals surface area (Å²) in [5.74, 6) is -0.193. The lowest BCUT2D eigenvalue weighted by Crippen LogP contribution is -2.45. The van der Waals surface area contributed by atoms with Gasteiger partial charge in [-0.1, -0.05) is 299 Å². The van der Waals surface area contributed by atoms with Gasteiger partial charge in [0, 0.05) is 6.42 Å². The van der Waals surface area contributed by atoms with Crippen molar-refractivity contribution < 1.29 is 32.9 Å². The fourth-order valence-electron chi connectivity index (χ4n) is 9.50. The number of aliphatic hydroxyl groups excluding tert-OH is 1. The van der Waals surface area contributed by atoms with Gasteiger partial charge in [-0.3, -0.25) is 9.36 Å². The number of phosphoric ester groups is 1. The molecule has 9 heteroatoms. The number of hydrogen-bond donors (Lipinski definition) is 2. The molecule has 0 rings (SSSR count). The zero-order valence-electron chi connectivity index (χ0n) is 50.3. The number of phosphoric acid groups is 1. The highest BCUT2D eigenvalue weighted by Crippen LogP contribution is 2.38. The summed E-state index contributed by atoms with van der Waals surface area (Å²) >= 11 is 0. The van der Waals surface area contributed by atoms with E-state index in [1.807, 2.05) is 27.2 Å². The summed E-state index contributed by atoms with van der Waals surface area (Å²) in [6.07, 6.45) is 77.5. The van der Waals surface area contributed by atoms with E-state index in [0.29, 0.717) is 17.4 Å². The predicted octanol–water partition coefficient (Wildman–Crippen LogP) is 19.4. The van der Waals surface area contributed by atoms with Gasteiger partial charge in [0.2, 0.25) is 5.91 Å². The Bertz CT molecular complexity index is 1400. The number of allylic oxidation sites excluding steroid dienone is 9. The molecule has 3 unspecified atom stereocenters. The van der Waals surface area contributed by atoms with Gasteiger partial charge in [-0.2, -0.15) is 0 Å². The Kier molecular flexibility index (Phi) is 55.5. The molecule has 0 saturated carbocycles. The first kappa shape index (κ1) is 73.2. The SMILES string of the molecule is CC/C=C\C/C=C\C/C=C\C/C=C\CCCCCCCCCCCCCCCCCCCCCCC(=O)NC(COP(=O)([O-])OCC[N+](C)(C)C)C(O)/C=C/CCCCCCCCCCCCCCCCCCCC. The van der Waals surface area contributed by atoms with E-state index in [-0.39, 0.29) is 19.1 Å². The van der Waals surface area contributed by atoms with Crippen LogP contribution in [-0.2, 0) is 18.4 Å². The second-order valence-corrected chi connectivity index (χ2v) is 24.5. The average molecular weight is 1070 g/mol. The summed E-state index contributed by atoms with van der Waals surface area (Å²) in [7, 11) is 1.27. The van der Waals surface area contributed by atoms with Crippen LogP contribution < -0.4 is 10.2 Å². The lowest BCUT2D eigenvalue weighted by molar-refractivity contribution is -0.870. The topological polar surface area (TPSA) is 108 Å². The number of aliphatic hydroxyl groups is 1. The van der Waals surface area contributed by atoms with E-state index in [1.165, 1.54) is 218 Å². The van der Waals surface area contributed by atoms with E-state index < -0.39 is 20.0 Å². The lowest BCUT2D eigenvalue weighted by Gasteiger charge is -2.29. The molecular formula is C66H125N2O6P. The molecule has 0 aliphatic rings. The first-order chi connectivity index (χ1) is 36.5. The van der Waals surface area contributed by atoms with Crippen molar-refractivity contribution in [3.05, 3.63) is 60.8 Å². The highest BCUT2D eigenvalue weighted by Gasteiger charge is 2.23. The molecule has 75 heavy (non-hydrogen) atoms. The molecule has 0 aromatic carbocycles. The number of nitrogens with one attached hydrogen (secondary N) is 1. The van der Waals surface area contributed by atoms with Gasteiger partial charge in [0.05, 0.1) is 39.9 Å². The molecule has 0 aliphatic heterocycles. The molecule has 0 aromatic rings. The van der Waals surface area contributed by atoms with Crippen LogP contribution in [-0.4, -0.2) is 68.5 Å². The highest BCUT2D eigenvalue weighted by atomic mass is 31.2. The smallest absolute Gasteiger partial charge is 0.268 e. The fraction of sp³-hybridized carbons (Fsp3) is 0.833. The van der Waals surface area contributed by atoms with E-state index in [9.17, 15) is 19.4 Å². The van der Waals surface area contributed by atoms with E-state index in [0.717, 1.165) is 64.2 Å². The molecule has 0 radical (unpaired) electrons. The molecule has 0 saturated heterocycles. The standard InChI is InChI=1S/C66H125N2O6P/c1-6-8-10-12-14-16-18-20-22-24-26-28-29-30-31-32-33-34-35-36-37-38-39-40-42-44-46-48-50-52-54-56-58-60-66(70)67-64(63-74-75(71,72)73-62-61-68(3,4)5)65(69)59-57-55-53-51-49-47-45-43-41-27-25-23-21-19-17-15-13-11-9-7-2/h8,10,14,16,20,22,26,28,57,59,64-65,69H,6-7,9,11-13,15,17-19,21,23-25,27,29-56,58,60-63H2,1-5H3,(H-,67,70,71,72)/b10-8-,16-14-,22-20-,28-26-,59-57+. The normalized spacial score (nSPS) is 14.2. The molecule has 0 heterocycles. The van der Waals surface area contributed by atoms with Crippen LogP contribution in [0.2, 0.25) is 0 Å². The zero-order valence-corrected chi connectivity index (χ0v) is 51.1. The Morgan fingerprint density at radius 1 is 0.480 bits per heavy atom. The maximum absolute atomic E-state index is 13.0. The third-order valence-electron chi connectivity index (χ3n) is 14.5. The average Bonchev–Trinajstić information content (AvgIpc) is 3.37. The first-order valence-electron chi connectivity index (χ1n) is 32.2. The second kappa shape index (κ2) is 56.9. The molecule has 440 valence electrons. The van der Waals surface area contributed by atoms with E-state index >= 15 is 0 Å². The van der Waals surface area contributed by atoms with Crippen molar-refractivity contribution in [2.45, 2.75) is 315 Å². The predicted molar refractivity (Wildman–Crippen MR) is 325 cm³/mol. The minimum Gasteiger partial charge on any atom is -0.756 e. The van der Waals surface area contributed by atoms with Gasteiger partial charge in [0.15, 0.2) is 0 Å². The number of unbranched alkanes of at least 4 members (excludes halogenated alkanes) is 38. The zero-order chi connectivity index (χ0) is 54.9. The Morgan fingerprint density at radius 2 is 0.813 bits per heavy atom. The number of hydrogen-bond acceptors (Lipinski definition) is 6. The summed E-state index contributed by atoms with van der Waals surface area (Å²) < 4.78 is 23.4. The van der Waals surface area contributed by atoms with Crippen molar-refractivity contribution in [1.29, 1.82) is 0 Å². The number of carbonyl (C=O) groups excluding carboxylic acids is 1. The minimum absolute atomic E-state index is 0.000306. The number of nitrogens with zero attached hydrogens (tertiary/aromatic N) is 1. The van der Waals surface area contributed by atoms with Crippen molar-refractivity contribution >= 4 is 13.7 Å². The van der Waals surface area contributed by atoms with Crippen LogP contribution in [0.5, 0.6) is 0 Å². The van der Waals surface area contributed by atoms with Crippen molar-refractivity contribution in [1.82, 2.24) is 5.32 Å². The monoisotopic (exact) mass is 1070 g/mol. The van der Waals surface area contributed by atoms with Crippen molar-refractivity contribution in [3.63, 3.8) is 0 Å². The van der Waals surface area contributed by atoms with Crippen LogP contribution in [0.4, 0.5) is 0 Å². The van der Waals surface area contributed by atoms with Crippen LogP contribution in [0.25, 0.3) is 0 Å². The first-order valence-corrected chi connectivity index (χ1v) is 33.6. The van der Waals surface area contributed by atoms with Crippen LogP contribution in [0.3, 0.4) is 0 Å². The van der Waals surface area contributed by atoms with Crippen LogP contribution >= 0.6 is 7.82 Å². The Balaban J connectivity index is 4.05.